The molecule has 1 aliphatic rings. The molecule has 0 aliphatic heterocycles. The van der Waals surface area contributed by atoms with Gasteiger partial charge >= 0.3 is 0 Å². The van der Waals surface area contributed by atoms with Crippen molar-refractivity contribution in [2.24, 2.45) is 5.41 Å². The molecule has 0 saturated heterocycles. The zero-order valence-electron chi connectivity index (χ0n) is 10.7. The van der Waals surface area contributed by atoms with Crippen LogP contribution >= 0.6 is 15.9 Å². The maximum Gasteiger partial charge on any atom is 0.0738 e. The third kappa shape index (κ3) is 2.58. The van der Waals surface area contributed by atoms with Gasteiger partial charge in [-0.3, -0.25) is 0 Å². The van der Waals surface area contributed by atoms with Crippen LogP contribution in [0.3, 0.4) is 0 Å². The van der Waals surface area contributed by atoms with Gasteiger partial charge in [0.25, 0.3) is 0 Å². The minimum Gasteiger partial charge on any atom is -0.389 e. The van der Waals surface area contributed by atoms with Crippen LogP contribution in [0.15, 0.2) is 28.7 Å². The van der Waals surface area contributed by atoms with Crippen molar-refractivity contribution in [2.45, 2.75) is 51.6 Å². The van der Waals surface area contributed by atoms with Crippen LogP contribution in [0.2, 0.25) is 0 Å². The fourth-order valence-electron chi connectivity index (χ4n) is 2.84. The van der Waals surface area contributed by atoms with E-state index in [0.29, 0.717) is 0 Å². The van der Waals surface area contributed by atoms with Gasteiger partial charge in [-0.2, -0.15) is 0 Å². The lowest BCUT2D eigenvalue weighted by Crippen LogP contribution is -2.48. The Labute approximate surface area is 112 Å². The molecule has 1 saturated carbocycles. The van der Waals surface area contributed by atoms with Gasteiger partial charge in [-0.05, 0) is 29.9 Å². The Morgan fingerprint density at radius 1 is 1.18 bits per heavy atom. The van der Waals surface area contributed by atoms with Gasteiger partial charge in [0.1, 0.15) is 0 Å². The number of benzene rings is 1. The Balaban J connectivity index is 2.24. The zero-order chi connectivity index (χ0) is 12.5. The van der Waals surface area contributed by atoms with Crippen molar-refractivity contribution >= 4 is 15.9 Å². The molecule has 1 aliphatic carbocycles. The molecule has 1 fully saturated rings. The maximum absolute atomic E-state index is 11.0. The molecule has 2 heteroatoms. The second-order valence-electron chi connectivity index (χ2n) is 5.89. The number of hydrogen-bond donors (Lipinski definition) is 1. The first-order valence-electron chi connectivity index (χ1n) is 6.40. The van der Waals surface area contributed by atoms with Crippen LogP contribution in [0.5, 0.6) is 0 Å². The molecule has 0 radical (unpaired) electrons. The average Bonchev–Trinajstić information content (AvgIpc) is 2.26. The Hall–Kier alpha value is -0.340. The molecule has 0 spiro atoms. The van der Waals surface area contributed by atoms with E-state index in [4.69, 9.17) is 0 Å². The molecule has 94 valence electrons. The van der Waals surface area contributed by atoms with Crippen LogP contribution in [0.25, 0.3) is 0 Å². The highest BCUT2D eigenvalue weighted by Gasteiger charge is 2.45. The quantitative estimate of drug-likeness (QED) is 0.861. The van der Waals surface area contributed by atoms with E-state index < -0.39 is 5.60 Å². The van der Waals surface area contributed by atoms with Gasteiger partial charge in [0, 0.05) is 10.9 Å². The zero-order valence-corrected chi connectivity index (χ0v) is 12.3. The van der Waals surface area contributed by atoms with Crippen LogP contribution in [-0.2, 0) is 6.42 Å². The van der Waals surface area contributed by atoms with E-state index >= 15 is 0 Å². The molecular weight excluding hydrogens is 276 g/mol. The second-order valence-corrected chi connectivity index (χ2v) is 6.75. The molecule has 0 amide bonds. The van der Waals surface area contributed by atoms with E-state index in [9.17, 15) is 5.11 Å². The standard InChI is InChI=1S/C15H21BrO/c1-14(2)9-5-6-10-15(14,17)11-12-7-3-4-8-13(12)16/h3-4,7-8,17H,5-6,9-11H2,1-2H3. The van der Waals surface area contributed by atoms with Crippen molar-refractivity contribution in [3.63, 3.8) is 0 Å². The van der Waals surface area contributed by atoms with Gasteiger partial charge < -0.3 is 5.11 Å². The van der Waals surface area contributed by atoms with Crippen LogP contribution in [0, 0.1) is 5.41 Å². The van der Waals surface area contributed by atoms with Crippen molar-refractivity contribution in [3.8, 4) is 0 Å². The predicted octanol–water partition coefficient (Wildman–Crippen LogP) is 4.32. The summed E-state index contributed by atoms with van der Waals surface area (Å²) in [6.07, 6.45) is 5.17. The fraction of sp³-hybridized carbons (Fsp3) is 0.600. The lowest BCUT2D eigenvalue weighted by atomic mass is 9.63. The van der Waals surface area contributed by atoms with Crippen LogP contribution in [-0.4, -0.2) is 10.7 Å². The van der Waals surface area contributed by atoms with Crippen molar-refractivity contribution in [3.05, 3.63) is 34.3 Å². The fourth-order valence-corrected chi connectivity index (χ4v) is 3.26. The number of rotatable bonds is 2. The van der Waals surface area contributed by atoms with Gasteiger partial charge in [0.05, 0.1) is 5.60 Å². The normalized spacial score (nSPS) is 28.0. The lowest BCUT2D eigenvalue weighted by Gasteiger charge is -2.47. The first-order chi connectivity index (χ1) is 7.95. The summed E-state index contributed by atoms with van der Waals surface area (Å²) in [5, 5.41) is 11.0. The molecule has 1 aromatic rings. The Morgan fingerprint density at radius 3 is 2.47 bits per heavy atom. The van der Waals surface area contributed by atoms with E-state index in [2.05, 4.69) is 41.9 Å². The lowest BCUT2D eigenvalue weighted by molar-refractivity contribution is -0.0959. The highest BCUT2D eigenvalue weighted by molar-refractivity contribution is 9.10. The summed E-state index contributed by atoms with van der Waals surface area (Å²) in [7, 11) is 0. The van der Waals surface area contributed by atoms with Crippen molar-refractivity contribution in [2.75, 3.05) is 0 Å². The minimum atomic E-state index is -0.560. The van der Waals surface area contributed by atoms with Crippen molar-refractivity contribution in [1.82, 2.24) is 0 Å². The van der Waals surface area contributed by atoms with Gasteiger partial charge in [0.2, 0.25) is 0 Å². The van der Waals surface area contributed by atoms with E-state index in [-0.39, 0.29) is 5.41 Å². The average molecular weight is 297 g/mol. The van der Waals surface area contributed by atoms with Gasteiger partial charge in [-0.1, -0.05) is 60.8 Å². The van der Waals surface area contributed by atoms with Gasteiger partial charge in [-0.15, -0.1) is 0 Å². The summed E-state index contributed by atoms with van der Waals surface area (Å²) < 4.78 is 1.11. The summed E-state index contributed by atoms with van der Waals surface area (Å²) in [4.78, 5) is 0. The molecule has 0 aromatic heterocycles. The van der Waals surface area contributed by atoms with Crippen molar-refractivity contribution < 1.29 is 5.11 Å². The maximum atomic E-state index is 11.0. The predicted molar refractivity (Wildman–Crippen MR) is 75.0 cm³/mol. The van der Waals surface area contributed by atoms with Crippen molar-refractivity contribution in [1.29, 1.82) is 0 Å². The van der Waals surface area contributed by atoms with Crippen LogP contribution in [0.1, 0.15) is 45.1 Å². The molecule has 1 N–H and O–H groups in total. The molecule has 17 heavy (non-hydrogen) atoms. The SMILES string of the molecule is CC1(C)CCCCC1(O)Cc1ccccc1Br. The number of aliphatic hydroxyl groups is 1. The third-order valence-electron chi connectivity index (χ3n) is 4.34. The molecule has 1 atom stereocenters. The van der Waals surface area contributed by atoms with E-state index in [0.717, 1.165) is 30.2 Å². The summed E-state index contributed by atoms with van der Waals surface area (Å²) in [6.45, 7) is 4.39. The largest absolute Gasteiger partial charge is 0.389 e. The molecule has 0 heterocycles. The first-order valence-corrected chi connectivity index (χ1v) is 7.20. The molecule has 1 nitrogen and oxygen atoms in total. The summed E-state index contributed by atoms with van der Waals surface area (Å²) >= 11 is 3.57. The Morgan fingerprint density at radius 2 is 1.82 bits per heavy atom. The summed E-state index contributed by atoms with van der Waals surface area (Å²) in [6, 6.07) is 8.21. The van der Waals surface area contributed by atoms with E-state index in [1.165, 1.54) is 12.0 Å². The summed E-state index contributed by atoms with van der Waals surface area (Å²) in [5.41, 5.74) is 0.667. The molecule has 0 bridgehead atoms. The van der Waals surface area contributed by atoms with Gasteiger partial charge in [0.15, 0.2) is 0 Å². The highest BCUT2D eigenvalue weighted by atomic mass is 79.9. The third-order valence-corrected chi connectivity index (χ3v) is 5.12. The molecule has 1 unspecified atom stereocenters. The highest BCUT2D eigenvalue weighted by Crippen LogP contribution is 2.46. The smallest absolute Gasteiger partial charge is 0.0738 e. The summed E-state index contributed by atoms with van der Waals surface area (Å²) in [5.74, 6) is 0. The number of halogens is 1. The topological polar surface area (TPSA) is 20.2 Å². The Bertz CT molecular complexity index is 400. The molecular formula is C15H21BrO. The Kier molecular flexibility index (Phi) is 3.65. The van der Waals surface area contributed by atoms with Gasteiger partial charge in [-0.25, -0.2) is 0 Å². The first kappa shape index (κ1) is 13.1. The van der Waals surface area contributed by atoms with Crippen LogP contribution < -0.4 is 0 Å². The van der Waals surface area contributed by atoms with Crippen LogP contribution in [0.4, 0.5) is 0 Å². The molecule has 2 rings (SSSR count). The monoisotopic (exact) mass is 296 g/mol. The minimum absolute atomic E-state index is 0.0144. The second kappa shape index (κ2) is 4.74. The molecule has 1 aromatic carbocycles. The van der Waals surface area contributed by atoms with E-state index in [1.54, 1.807) is 0 Å². The van der Waals surface area contributed by atoms with E-state index in [1.807, 2.05) is 12.1 Å². The number of hydrogen-bond acceptors (Lipinski definition) is 1.